The zero-order chi connectivity index (χ0) is 5.15. The van der Waals surface area contributed by atoms with E-state index in [1.165, 1.54) is 0 Å². The quantitative estimate of drug-likeness (QED) is 0.432. The fourth-order valence-electron chi connectivity index (χ4n) is 0. The second-order valence-corrected chi connectivity index (χ2v) is 1.47. The van der Waals surface area contributed by atoms with Crippen LogP contribution in [0.3, 0.4) is 0 Å². The van der Waals surface area contributed by atoms with Gasteiger partial charge in [0.15, 0.2) is 0 Å². The standard InChI is InChI=1S/C4H8O2.CH3/c1-3(2)4(5)6;/h3H,1-2H3,(H,5,6);1H3/q;+1/p-1. The van der Waals surface area contributed by atoms with E-state index < -0.39 is 5.97 Å². The molecule has 0 saturated carbocycles. The molecule has 0 aliphatic rings. The van der Waals surface area contributed by atoms with Crippen LogP contribution in [0.15, 0.2) is 0 Å². The molecule has 0 amide bonds. The Morgan fingerprint density at radius 3 is 1.71 bits per heavy atom. The van der Waals surface area contributed by atoms with Crippen molar-refractivity contribution in [2.24, 2.45) is 5.92 Å². The second kappa shape index (κ2) is 3.53. The van der Waals surface area contributed by atoms with Crippen molar-refractivity contribution < 1.29 is 9.90 Å². The van der Waals surface area contributed by atoms with Crippen molar-refractivity contribution in [2.45, 2.75) is 13.8 Å². The first-order valence-electron chi connectivity index (χ1n) is 1.85. The van der Waals surface area contributed by atoms with Crippen LogP contribution in [0.5, 0.6) is 0 Å². The Hall–Kier alpha value is -0.660. The summed E-state index contributed by atoms with van der Waals surface area (Å²) in [4.78, 5) is 9.59. The molecule has 0 bridgehead atoms. The third-order valence-corrected chi connectivity index (χ3v) is 0.471. The van der Waals surface area contributed by atoms with Crippen LogP contribution in [-0.2, 0) is 4.79 Å². The Kier molecular flexibility index (Phi) is 4.84. The van der Waals surface area contributed by atoms with E-state index in [4.69, 9.17) is 0 Å². The minimum atomic E-state index is -0.991. The van der Waals surface area contributed by atoms with Gasteiger partial charge in [-0.1, -0.05) is 13.8 Å². The van der Waals surface area contributed by atoms with Crippen LogP contribution in [0, 0.1) is 13.3 Å². The molecular weight excluding hydrogens is 92.1 g/mol. The lowest BCUT2D eigenvalue weighted by Crippen LogP contribution is -2.27. The number of aliphatic carboxylic acids is 1. The van der Waals surface area contributed by atoms with Gasteiger partial charge in [-0.2, -0.15) is 0 Å². The molecule has 0 heterocycles. The summed E-state index contributed by atoms with van der Waals surface area (Å²) in [5.41, 5.74) is 0. The van der Waals surface area contributed by atoms with Crippen LogP contribution in [0.2, 0.25) is 0 Å². The predicted octanol–water partition coefficient (Wildman–Crippen LogP) is -0.157. The van der Waals surface area contributed by atoms with Gasteiger partial charge in [-0.3, -0.25) is 0 Å². The second-order valence-electron chi connectivity index (χ2n) is 1.47. The third-order valence-electron chi connectivity index (χ3n) is 0.471. The van der Waals surface area contributed by atoms with E-state index in [2.05, 4.69) is 0 Å². The van der Waals surface area contributed by atoms with E-state index in [1.54, 1.807) is 13.8 Å². The molecule has 2 heteroatoms. The van der Waals surface area contributed by atoms with Gasteiger partial charge >= 0.3 is 0 Å². The van der Waals surface area contributed by atoms with Crippen molar-refractivity contribution >= 4 is 5.97 Å². The molecule has 0 radical (unpaired) electrons. The van der Waals surface area contributed by atoms with Gasteiger partial charge < -0.3 is 9.90 Å². The molecule has 0 unspecified atom stereocenters. The summed E-state index contributed by atoms with van der Waals surface area (Å²) in [7, 11) is 0. The van der Waals surface area contributed by atoms with Crippen LogP contribution >= 0.6 is 0 Å². The van der Waals surface area contributed by atoms with Crippen LogP contribution in [0.4, 0.5) is 0 Å². The van der Waals surface area contributed by atoms with Crippen molar-refractivity contribution in [2.75, 3.05) is 0 Å². The van der Waals surface area contributed by atoms with Crippen LogP contribution < -0.4 is 5.11 Å². The molecule has 0 aromatic rings. The van der Waals surface area contributed by atoms with Gasteiger partial charge in [0.2, 0.25) is 0 Å². The van der Waals surface area contributed by atoms with Gasteiger partial charge in [-0.25, -0.2) is 0 Å². The molecular formula is C5H10O2. The molecule has 0 saturated heterocycles. The summed E-state index contributed by atoms with van der Waals surface area (Å²) >= 11 is 0. The molecule has 0 aromatic carbocycles. The van der Waals surface area contributed by atoms with Gasteiger partial charge in [0.1, 0.15) is 0 Å². The zero-order valence-electron chi connectivity index (χ0n) is 4.89. The average Bonchev–Trinajstić information content (AvgIpc) is 1.36. The van der Waals surface area contributed by atoms with Crippen LogP contribution in [0.25, 0.3) is 0 Å². The fraction of sp³-hybridized carbons (Fsp3) is 0.600. The summed E-state index contributed by atoms with van der Waals surface area (Å²) in [6, 6.07) is 0. The molecule has 0 N–H and O–H groups in total. The van der Waals surface area contributed by atoms with E-state index in [0.29, 0.717) is 0 Å². The number of carbonyl (C=O) groups excluding carboxylic acids is 1. The van der Waals surface area contributed by atoms with Crippen molar-refractivity contribution in [3.05, 3.63) is 7.43 Å². The fourth-order valence-corrected chi connectivity index (χ4v) is 0. The number of carboxylic acids is 1. The first kappa shape index (κ1) is 9.60. The van der Waals surface area contributed by atoms with Crippen LogP contribution in [-0.4, -0.2) is 5.97 Å². The molecule has 7 heavy (non-hydrogen) atoms. The number of hydrogen-bond acceptors (Lipinski definition) is 2. The van der Waals surface area contributed by atoms with E-state index in [9.17, 15) is 9.90 Å². The zero-order valence-corrected chi connectivity index (χ0v) is 4.89. The highest BCUT2D eigenvalue weighted by atomic mass is 16.4. The Morgan fingerprint density at radius 2 is 1.71 bits per heavy atom. The van der Waals surface area contributed by atoms with Crippen molar-refractivity contribution in [1.29, 1.82) is 0 Å². The highest BCUT2D eigenvalue weighted by Crippen LogP contribution is 1.83. The van der Waals surface area contributed by atoms with Crippen molar-refractivity contribution in [1.82, 2.24) is 0 Å². The third kappa shape index (κ3) is 5.34. The molecule has 0 spiro atoms. The summed E-state index contributed by atoms with van der Waals surface area (Å²) in [6.07, 6.45) is 0. The number of carboxylic acid groups (broad SMARTS) is 1. The molecule has 0 aliphatic carbocycles. The monoisotopic (exact) mass is 102 g/mol. The number of carbonyl (C=O) groups is 1. The van der Waals surface area contributed by atoms with Crippen molar-refractivity contribution in [3.8, 4) is 0 Å². The molecule has 0 atom stereocenters. The van der Waals surface area contributed by atoms with E-state index in [-0.39, 0.29) is 13.3 Å². The SMILES string of the molecule is CC(C)C(=O)[O-].[CH3+]. The smallest absolute Gasteiger partial charge is 0.0467 e. The summed E-state index contributed by atoms with van der Waals surface area (Å²) in [5.74, 6) is -1.33. The van der Waals surface area contributed by atoms with Crippen LogP contribution in [0.1, 0.15) is 13.8 Å². The van der Waals surface area contributed by atoms with E-state index in [1.807, 2.05) is 0 Å². The van der Waals surface area contributed by atoms with Gasteiger partial charge in [-0.15, -0.1) is 0 Å². The molecule has 0 aliphatic heterocycles. The lowest BCUT2D eigenvalue weighted by atomic mass is 10.2. The minimum Gasteiger partial charge on any atom is -0.550 e. The molecule has 0 rings (SSSR count). The molecule has 0 fully saturated rings. The molecule has 0 aromatic heterocycles. The van der Waals surface area contributed by atoms with Gasteiger partial charge in [0, 0.05) is 13.4 Å². The van der Waals surface area contributed by atoms with E-state index >= 15 is 0 Å². The highest BCUT2D eigenvalue weighted by molar-refractivity contribution is 5.66. The molecule has 42 valence electrons. The van der Waals surface area contributed by atoms with Gasteiger partial charge in [-0.05, 0) is 5.92 Å². The Bertz CT molecular complexity index is 57.1. The van der Waals surface area contributed by atoms with E-state index in [0.717, 1.165) is 0 Å². The summed E-state index contributed by atoms with van der Waals surface area (Å²) in [5, 5.41) is 9.59. The summed E-state index contributed by atoms with van der Waals surface area (Å²) < 4.78 is 0. The average molecular weight is 102 g/mol. The van der Waals surface area contributed by atoms with Gasteiger partial charge in [0.05, 0.1) is 0 Å². The first-order chi connectivity index (χ1) is 2.64. The lowest BCUT2D eigenvalue weighted by Gasteiger charge is -2.01. The predicted molar refractivity (Wildman–Crippen MR) is 26.3 cm³/mol. The largest absolute Gasteiger partial charge is 0.550 e. The minimum absolute atomic E-state index is 0. The topological polar surface area (TPSA) is 40.1 Å². The maximum Gasteiger partial charge on any atom is 0.0467 e. The van der Waals surface area contributed by atoms with Gasteiger partial charge in [0.25, 0.3) is 0 Å². The summed E-state index contributed by atoms with van der Waals surface area (Å²) in [6.45, 7) is 3.16. The highest BCUT2D eigenvalue weighted by Gasteiger charge is 1.87. The Balaban J connectivity index is 0. The maximum absolute atomic E-state index is 9.59. The van der Waals surface area contributed by atoms with Crippen molar-refractivity contribution in [3.63, 3.8) is 0 Å². The maximum atomic E-state index is 9.59. The Labute approximate surface area is 44.2 Å². The number of hydrogen-bond donors (Lipinski definition) is 0. The lowest BCUT2D eigenvalue weighted by molar-refractivity contribution is -0.310. The first-order valence-corrected chi connectivity index (χ1v) is 1.85. The normalized spacial score (nSPS) is 7.86. The molecule has 2 nitrogen and oxygen atoms in total. The number of rotatable bonds is 1. The Morgan fingerprint density at radius 1 is 1.57 bits per heavy atom.